The van der Waals surface area contributed by atoms with Crippen LogP contribution in [0.2, 0.25) is 0 Å². The van der Waals surface area contributed by atoms with E-state index in [4.69, 9.17) is 0 Å². The molecule has 2 aliphatic rings. The van der Waals surface area contributed by atoms with Crippen molar-refractivity contribution in [2.75, 3.05) is 6.26 Å². The van der Waals surface area contributed by atoms with Crippen LogP contribution in [0.15, 0.2) is 0 Å². The van der Waals surface area contributed by atoms with Crippen LogP contribution in [0.5, 0.6) is 0 Å². The van der Waals surface area contributed by atoms with Gasteiger partial charge in [-0.25, -0.2) is 8.42 Å². The molecule has 82 valence electrons. The second-order valence-corrected chi connectivity index (χ2v) is 7.08. The molecule has 0 amide bonds. The van der Waals surface area contributed by atoms with Crippen LogP contribution in [0.4, 0.5) is 0 Å². The van der Waals surface area contributed by atoms with Crippen molar-refractivity contribution in [3.63, 3.8) is 0 Å². The summed E-state index contributed by atoms with van der Waals surface area (Å²) in [5, 5.41) is 3.44. The minimum atomic E-state index is -2.81. The average molecular weight is 217 g/mol. The fourth-order valence-corrected chi connectivity index (χ4v) is 3.45. The van der Waals surface area contributed by atoms with Crippen LogP contribution in [0, 0.1) is 0 Å². The van der Waals surface area contributed by atoms with E-state index in [-0.39, 0.29) is 5.25 Å². The first-order chi connectivity index (χ1) is 6.55. The van der Waals surface area contributed by atoms with E-state index in [0.717, 1.165) is 25.7 Å². The first kappa shape index (κ1) is 10.4. The molecule has 0 aromatic rings. The van der Waals surface area contributed by atoms with Gasteiger partial charge in [0.25, 0.3) is 0 Å². The molecular formula is C10H19NO2S. The molecule has 0 aromatic heterocycles. The van der Waals surface area contributed by atoms with Crippen molar-refractivity contribution in [2.24, 2.45) is 0 Å². The summed E-state index contributed by atoms with van der Waals surface area (Å²) in [5.41, 5.74) is 0. The second kappa shape index (κ2) is 3.81. The highest BCUT2D eigenvalue weighted by Crippen LogP contribution is 2.27. The predicted octanol–water partition coefficient (Wildman–Crippen LogP) is 1.09. The van der Waals surface area contributed by atoms with E-state index in [2.05, 4.69) is 5.32 Å². The molecule has 0 bridgehead atoms. The van der Waals surface area contributed by atoms with Crippen LogP contribution in [-0.2, 0) is 9.84 Å². The van der Waals surface area contributed by atoms with Crippen molar-refractivity contribution in [1.82, 2.24) is 5.32 Å². The summed E-state index contributed by atoms with van der Waals surface area (Å²) in [6.07, 6.45) is 7.83. The Balaban J connectivity index is 1.89. The van der Waals surface area contributed by atoms with Crippen LogP contribution >= 0.6 is 0 Å². The third-order valence-corrected chi connectivity index (χ3v) is 4.92. The van der Waals surface area contributed by atoms with E-state index in [1.54, 1.807) is 0 Å². The Morgan fingerprint density at radius 1 is 1.07 bits per heavy atom. The molecule has 2 fully saturated rings. The number of rotatable bonds is 3. The number of hydrogen-bond donors (Lipinski definition) is 1. The van der Waals surface area contributed by atoms with Crippen LogP contribution in [0.3, 0.4) is 0 Å². The van der Waals surface area contributed by atoms with E-state index in [0.29, 0.717) is 12.1 Å². The molecule has 0 spiro atoms. The molecule has 0 aliphatic heterocycles. The summed E-state index contributed by atoms with van der Waals surface area (Å²) in [5.74, 6) is 0. The molecule has 0 heterocycles. The second-order valence-electron chi connectivity index (χ2n) is 4.76. The molecule has 4 heteroatoms. The summed E-state index contributed by atoms with van der Waals surface area (Å²) in [4.78, 5) is 0. The minimum absolute atomic E-state index is 0.0903. The third-order valence-electron chi connectivity index (χ3n) is 3.28. The Hall–Kier alpha value is -0.0900. The highest BCUT2D eigenvalue weighted by molar-refractivity contribution is 7.91. The fourth-order valence-electron chi connectivity index (χ4n) is 2.27. The highest BCUT2D eigenvalue weighted by atomic mass is 32.2. The number of sulfone groups is 1. The maximum atomic E-state index is 11.4. The SMILES string of the molecule is CS(=O)(=O)C1CCCC(NC2CC2)C1. The van der Waals surface area contributed by atoms with Crippen molar-refractivity contribution in [3.05, 3.63) is 0 Å². The van der Waals surface area contributed by atoms with Crippen LogP contribution in [0.1, 0.15) is 38.5 Å². The average Bonchev–Trinajstić information content (AvgIpc) is 2.87. The topological polar surface area (TPSA) is 46.2 Å². The molecule has 2 atom stereocenters. The minimum Gasteiger partial charge on any atom is -0.311 e. The molecule has 1 N–H and O–H groups in total. The van der Waals surface area contributed by atoms with Gasteiger partial charge < -0.3 is 5.32 Å². The zero-order valence-electron chi connectivity index (χ0n) is 8.70. The summed E-state index contributed by atoms with van der Waals surface area (Å²) in [6.45, 7) is 0. The summed E-state index contributed by atoms with van der Waals surface area (Å²) >= 11 is 0. The lowest BCUT2D eigenvalue weighted by Gasteiger charge is -2.28. The van der Waals surface area contributed by atoms with Crippen LogP contribution in [-0.4, -0.2) is 32.0 Å². The van der Waals surface area contributed by atoms with Crippen molar-refractivity contribution >= 4 is 9.84 Å². The summed E-state index contributed by atoms with van der Waals surface area (Å²) < 4.78 is 22.8. The Kier molecular flexibility index (Phi) is 2.84. The molecule has 0 radical (unpaired) electrons. The van der Waals surface area contributed by atoms with E-state index >= 15 is 0 Å². The molecule has 2 saturated carbocycles. The molecule has 14 heavy (non-hydrogen) atoms. The van der Waals surface area contributed by atoms with E-state index in [1.807, 2.05) is 0 Å². The van der Waals surface area contributed by atoms with E-state index in [1.165, 1.54) is 19.1 Å². The lowest BCUT2D eigenvalue weighted by atomic mass is 9.95. The smallest absolute Gasteiger partial charge is 0.150 e. The van der Waals surface area contributed by atoms with Crippen molar-refractivity contribution < 1.29 is 8.42 Å². The van der Waals surface area contributed by atoms with E-state index < -0.39 is 9.84 Å². The molecule has 0 saturated heterocycles. The molecule has 0 aromatic carbocycles. The van der Waals surface area contributed by atoms with Gasteiger partial charge in [0.2, 0.25) is 0 Å². The molecule has 2 aliphatic carbocycles. The van der Waals surface area contributed by atoms with Crippen molar-refractivity contribution in [3.8, 4) is 0 Å². The number of nitrogens with one attached hydrogen (secondary N) is 1. The first-order valence-electron chi connectivity index (χ1n) is 5.50. The monoisotopic (exact) mass is 217 g/mol. The van der Waals surface area contributed by atoms with Crippen LogP contribution < -0.4 is 5.32 Å². The maximum Gasteiger partial charge on any atom is 0.150 e. The number of hydrogen-bond acceptors (Lipinski definition) is 3. The first-order valence-corrected chi connectivity index (χ1v) is 7.46. The van der Waals surface area contributed by atoms with Gasteiger partial charge in [0.05, 0.1) is 5.25 Å². The third kappa shape index (κ3) is 2.70. The molecular weight excluding hydrogens is 198 g/mol. The van der Waals surface area contributed by atoms with Gasteiger partial charge in [-0.1, -0.05) is 6.42 Å². The van der Waals surface area contributed by atoms with Gasteiger partial charge in [-0.2, -0.15) is 0 Å². The Labute approximate surface area is 86.2 Å². The zero-order valence-corrected chi connectivity index (χ0v) is 9.52. The summed E-state index contributed by atoms with van der Waals surface area (Å²) in [6, 6.07) is 1.15. The van der Waals surface area contributed by atoms with Crippen LogP contribution in [0.25, 0.3) is 0 Å². The van der Waals surface area contributed by atoms with E-state index in [9.17, 15) is 8.42 Å². The lowest BCUT2D eigenvalue weighted by Crippen LogP contribution is -2.39. The lowest BCUT2D eigenvalue weighted by molar-refractivity contribution is 0.370. The standard InChI is InChI=1S/C10H19NO2S/c1-14(12,13)10-4-2-3-9(7-10)11-8-5-6-8/h8-11H,2-7H2,1H3. The van der Waals surface area contributed by atoms with Gasteiger partial charge >= 0.3 is 0 Å². The van der Waals surface area contributed by atoms with Gasteiger partial charge in [0.1, 0.15) is 9.84 Å². The largest absolute Gasteiger partial charge is 0.311 e. The van der Waals surface area contributed by atoms with Gasteiger partial charge in [-0.05, 0) is 32.1 Å². The molecule has 3 nitrogen and oxygen atoms in total. The van der Waals surface area contributed by atoms with Gasteiger partial charge in [0.15, 0.2) is 0 Å². The zero-order chi connectivity index (χ0) is 10.2. The fraction of sp³-hybridized carbons (Fsp3) is 1.00. The molecule has 2 unspecified atom stereocenters. The Morgan fingerprint density at radius 2 is 1.79 bits per heavy atom. The summed E-state index contributed by atoms with van der Waals surface area (Å²) in [7, 11) is -2.81. The highest BCUT2D eigenvalue weighted by Gasteiger charge is 2.32. The Bertz CT molecular complexity index is 295. The normalized spacial score (nSPS) is 34.4. The van der Waals surface area contributed by atoms with Gasteiger partial charge in [-0.3, -0.25) is 0 Å². The van der Waals surface area contributed by atoms with Gasteiger partial charge in [0, 0.05) is 18.3 Å². The predicted molar refractivity (Wildman–Crippen MR) is 57.0 cm³/mol. The van der Waals surface area contributed by atoms with Crippen molar-refractivity contribution in [2.45, 2.75) is 55.9 Å². The van der Waals surface area contributed by atoms with Gasteiger partial charge in [-0.15, -0.1) is 0 Å². The maximum absolute atomic E-state index is 11.4. The Morgan fingerprint density at radius 3 is 2.36 bits per heavy atom. The van der Waals surface area contributed by atoms with Crippen molar-refractivity contribution in [1.29, 1.82) is 0 Å². The molecule has 2 rings (SSSR count). The quantitative estimate of drug-likeness (QED) is 0.770.